The van der Waals surface area contributed by atoms with Crippen molar-refractivity contribution >= 4 is 23.9 Å². The Bertz CT molecular complexity index is 1200. The molecule has 7 nitrogen and oxygen atoms in total. The third-order valence-electron chi connectivity index (χ3n) is 13.2. The Labute approximate surface area is 245 Å². The normalized spacial score (nSPS) is 43.3. The third kappa shape index (κ3) is 4.10. The lowest BCUT2D eigenvalue weighted by Gasteiger charge is -2.72. The van der Waals surface area contributed by atoms with Crippen LogP contribution < -0.4 is 0 Å². The summed E-state index contributed by atoms with van der Waals surface area (Å²) in [6.45, 7) is 18.8. The monoisotopic (exact) mass is 570 g/mol. The summed E-state index contributed by atoms with van der Waals surface area (Å²) in [7, 11) is 0. The molecule has 1 aliphatic heterocycles. The van der Waals surface area contributed by atoms with E-state index in [1.165, 1.54) is 13.8 Å². The molecule has 0 aromatic rings. The van der Waals surface area contributed by atoms with Gasteiger partial charge >= 0.3 is 23.9 Å². The second-order valence-electron chi connectivity index (χ2n) is 15.6. The van der Waals surface area contributed by atoms with Crippen LogP contribution in [0.4, 0.5) is 0 Å². The smallest absolute Gasteiger partial charge is 0.341 e. The molecule has 0 spiro atoms. The van der Waals surface area contributed by atoms with Crippen LogP contribution in [-0.2, 0) is 33.4 Å². The van der Waals surface area contributed by atoms with Gasteiger partial charge in [0.05, 0.1) is 0 Å². The van der Waals surface area contributed by atoms with Crippen LogP contribution in [0, 0.1) is 50.7 Å². The molecule has 0 aromatic carbocycles. The molecular weight excluding hydrogens is 520 g/mol. The molecule has 5 rings (SSSR count). The Morgan fingerprint density at radius 1 is 0.854 bits per heavy atom. The molecule has 41 heavy (non-hydrogen) atoms. The van der Waals surface area contributed by atoms with Gasteiger partial charge in [0.1, 0.15) is 18.1 Å². The minimum absolute atomic E-state index is 0.00139. The Balaban J connectivity index is 1.59. The van der Waals surface area contributed by atoms with Crippen LogP contribution in [0.15, 0.2) is 11.1 Å². The minimum Gasteiger partial charge on any atom is -0.464 e. The average molecular weight is 571 g/mol. The van der Waals surface area contributed by atoms with Crippen molar-refractivity contribution in [2.45, 2.75) is 120 Å². The fourth-order valence-electron chi connectivity index (χ4n) is 11.2. The van der Waals surface area contributed by atoms with Crippen molar-refractivity contribution in [3.05, 3.63) is 11.1 Å². The molecule has 1 heterocycles. The number of fused-ring (bicyclic) bond motifs is 7. The van der Waals surface area contributed by atoms with Crippen LogP contribution in [0.1, 0.15) is 114 Å². The molecule has 4 fully saturated rings. The van der Waals surface area contributed by atoms with Gasteiger partial charge in [-0.1, -0.05) is 48.5 Å². The standard InChI is InChI=1S/C34H50O7/c1-19(2)26-27-22-10-11-24-31(7)14-13-25(40-21(4)36)30(5,6)23(31)12-15-33(24,9)32(22,8)16-17-34(27,18-39-20(3)35)29(38)41-28(26)37/h19,22-25H,10-18H2,1-9H3/t22-,23+,24-,25+,31+,32-,33-,34+/m1/s1. The van der Waals surface area contributed by atoms with Crippen molar-refractivity contribution in [2.24, 2.45) is 50.7 Å². The second-order valence-corrected chi connectivity index (χ2v) is 15.6. The number of rotatable bonds is 4. The Kier molecular flexibility index (Phi) is 7.14. The van der Waals surface area contributed by atoms with Crippen molar-refractivity contribution < 1.29 is 33.4 Å². The number of esters is 4. The van der Waals surface area contributed by atoms with Gasteiger partial charge in [-0.15, -0.1) is 0 Å². The molecule has 4 saturated carbocycles. The molecule has 0 aromatic heterocycles. The lowest BCUT2D eigenvalue weighted by atomic mass is 9.32. The first kappa shape index (κ1) is 30.3. The fraction of sp³-hybridized carbons (Fsp3) is 0.824. The van der Waals surface area contributed by atoms with E-state index < -0.39 is 23.3 Å². The van der Waals surface area contributed by atoms with E-state index in [2.05, 4.69) is 34.6 Å². The van der Waals surface area contributed by atoms with Gasteiger partial charge in [-0.05, 0) is 96.9 Å². The third-order valence-corrected chi connectivity index (χ3v) is 13.2. The van der Waals surface area contributed by atoms with E-state index in [-0.39, 0.29) is 52.2 Å². The van der Waals surface area contributed by atoms with E-state index in [0.717, 1.165) is 50.5 Å². The van der Waals surface area contributed by atoms with Crippen molar-refractivity contribution in [1.82, 2.24) is 0 Å². The van der Waals surface area contributed by atoms with E-state index in [4.69, 9.17) is 14.2 Å². The van der Waals surface area contributed by atoms with Gasteiger partial charge < -0.3 is 14.2 Å². The van der Waals surface area contributed by atoms with Crippen LogP contribution in [0.3, 0.4) is 0 Å². The summed E-state index contributed by atoms with van der Waals surface area (Å²) in [4.78, 5) is 50.8. The molecular formula is C34H50O7. The van der Waals surface area contributed by atoms with E-state index in [9.17, 15) is 19.2 Å². The van der Waals surface area contributed by atoms with Gasteiger partial charge in [-0.2, -0.15) is 0 Å². The average Bonchev–Trinajstić information content (AvgIpc) is 2.85. The fourth-order valence-corrected chi connectivity index (χ4v) is 11.2. The van der Waals surface area contributed by atoms with Gasteiger partial charge in [-0.3, -0.25) is 14.4 Å². The van der Waals surface area contributed by atoms with Crippen molar-refractivity contribution in [3.8, 4) is 0 Å². The largest absolute Gasteiger partial charge is 0.464 e. The quantitative estimate of drug-likeness (QED) is 0.214. The maximum absolute atomic E-state index is 13.6. The summed E-state index contributed by atoms with van der Waals surface area (Å²) in [5, 5.41) is 0. The summed E-state index contributed by atoms with van der Waals surface area (Å²) >= 11 is 0. The molecule has 7 heteroatoms. The Morgan fingerprint density at radius 2 is 1.54 bits per heavy atom. The lowest BCUT2D eigenvalue weighted by molar-refractivity contribution is -0.235. The van der Waals surface area contributed by atoms with Gasteiger partial charge in [-0.25, -0.2) is 4.79 Å². The number of carbonyl (C=O) groups is 4. The van der Waals surface area contributed by atoms with Crippen molar-refractivity contribution in [1.29, 1.82) is 0 Å². The highest BCUT2D eigenvalue weighted by Gasteiger charge is 2.71. The van der Waals surface area contributed by atoms with E-state index in [1.807, 2.05) is 13.8 Å². The number of hydrogen-bond acceptors (Lipinski definition) is 7. The van der Waals surface area contributed by atoms with E-state index >= 15 is 0 Å². The number of ether oxygens (including phenoxy) is 3. The molecule has 228 valence electrons. The second kappa shape index (κ2) is 9.67. The van der Waals surface area contributed by atoms with Crippen LogP contribution in [0.2, 0.25) is 0 Å². The topological polar surface area (TPSA) is 96.0 Å². The maximum atomic E-state index is 13.6. The molecule has 5 aliphatic rings. The number of cyclic esters (lactones) is 2. The maximum Gasteiger partial charge on any atom is 0.341 e. The summed E-state index contributed by atoms with van der Waals surface area (Å²) in [5.41, 5.74) is 0.261. The van der Waals surface area contributed by atoms with Crippen LogP contribution in [0.25, 0.3) is 0 Å². The molecule has 8 atom stereocenters. The summed E-state index contributed by atoms with van der Waals surface area (Å²) in [6.07, 6.45) is 7.18. The predicted octanol–water partition coefficient (Wildman–Crippen LogP) is 6.57. The highest BCUT2D eigenvalue weighted by molar-refractivity contribution is 6.04. The van der Waals surface area contributed by atoms with Crippen LogP contribution in [0.5, 0.6) is 0 Å². The predicted molar refractivity (Wildman–Crippen MR) is 153 cm³/mol. The SMILES string of the molecule is CC(=O)OC[C@@]12CC[C@]3(C)[C@H](CC[C@@H]4[C@@]5(C)CC[C@H](OC(C)=O)C(C)(C)[C@@H]5CC[C@]43C)C1=C(C(C)C)C(=O)OC2=O. The zero-order valence-corrected chi connectivity index (χ0v) is 26.6. The Hall–Kier alpha value is -2.18. The highest BCUT2D eigenvalue weighted by atomic mass is 16.6. The summed E-state index contributed by atoms with van der Waals surface area (Å²) in [6, 6.07) is 0. The first-order valence-corrected chi connectivity index (χ1v) is 15.8. The summed E-state index contributed by atoms with van der Waals surface area (Å²) in [5.74, 6) is -0.882. The molecule has 0 saturated heterocycles. The molecule has 0 radical (unpaired) electrons. The van der Waals surface area contributed by atoms with Gasteiger partial charge in [0.2, 0.25) is 0 Å². The first-order chi connectivity index (χ1) is 19.0. The van der Waals surface area contributed by atoms with Crippen molar-refractivity contribution in [2.75, 3.05) is 6.61 Å². The molecule has 0 N–H and O–H groups in total. The lowest BCUT2D eigenvalue weighted by Crippen LogP contribution is -2.67. The van der Waals surface area contributed by atoms with Gasteiger partial charge in [0.15, 0.2) is 0 Å². The molecule has 4 aliphatic carbocycles. The minimum atomic E-state index is -1.10. The number of carbonyl (C=O) groups excluding carboxylic acids is 4. The molecule has 0 amide bonds. The van der Waals surface area contributed by atoms with Crippen LogP contribution >= 0.6 is 0 Å². The first-order valence-electron chi connectivity index (χ1n) is 15.8. The van der Waals surface area contributed by atoms with E-state index in [1.54, 1.807) is 0 Å². The number of hydrogen-bond donors (Lipinski definition) is 0. The summed E-state index contributed by atoms with van der Waals surface area (Å²) < 4.78 is 16.8. The van der Waals surface area contributed by atoms with Gasteiger partial charge in [0.25, 0.3) is 0 Å². The van der Waals surface area contributed by atoms with Crippen LogP contribution in [-0.4, -0.2) is 36.6 Å². The zero-order valence-electron chi connectivity index (χ0n) is 26.6. The molecule has 0 unspecified atom stereocenters. The highest BCUT2D eigenvalue weighted by Crippen LogP contribution is 2.76. The van der Waals surface area contributed by atoms with Gasteiger partial charge in [0, 0.05) is 24.8 Å². The van der Waals surface area contributed by atoms with Crippen molar-refractivity contribution in [3.63, 3.8) is 0 Å². The molecule has 0 bridgehead atoms. The van der Waals surface area contributed by atoms with E-state index in [0.29, 0.717) is 23.8 Å². The zero-order chi connectivity index (χ0) is 30.3. The Morgan fingerprint density at radius 3 is 2.15 bits per heavy atom.